The molecule has 2 N–H and O–H groups in total. The second-order valence-corrected chi connectivity index (χ2v) is 4.93. The third-order valence-corrected chi connectivity index (χ3v) is 2.94. The Morgan fingerprint density at radius 1 is 1.50 bits per heavy atom. The molecule has 0 amide bonds. The van der Waals surface area contributed by atoms with Gasteiger partial charge >= 0.3 is 5.97 Å². The van der Waals surface area contributed by atoms with E-state index < -0.39 is 12.0 Å². The topological polar surface area (TPSA) is 58.6 Å². The summed E-state index contributed by atoms with van der Waals surface area (Å²) in [6.07, 6.45) is 2.90. The Balaban J connectivity index is 2.26. The predicted molar refractivity (Wildman–Crippen MR) is 62.5 cm³/mol. The van der Waals surface area contributed by atoms with Gasteiger partial charge in [-0.1, -0.05) is 13.8 Å². The van der Waals surface area contributed by atoms with Crippen molar-refractivity contribution in [1.29, 1.82) is 0 Å². The van der Waals surface area contributed by atoms with Crippen LogP contribution in [0.3, 0.4) is 0 Å². The summed E-state index contributed by atoms with van der Waals surface area (Å²) in [6.45, 7) is 6.81. The van der Waals surface area contributed by atoms with Crippen molar-refractivity contribution in [1.82, 2.24) is 5.32 Å². The van der Waals surface area contributed by atoms with Crippen LogP contribution in [0.25, 0.3) is 0 Å². The fourth-order valence-electron chi connectivity index (χ4n) is 2.07. The van der Waals surface area contributed by atoms with E-state index in [0.29, 0.717) is 24.5 Å². The fourth-order valence-corrected chi connectivity index (χ4v) is 2.07. The third kappa shape index (κ3) is 4.10. The van der Waals surface area contributed by atoms with E-state index in [2.05, 4.69) is 5.32 Å². The molecule has 4 heteroatoms. The molecule has 0 radical (unpaired) electrons. The zero-order valence-electron chi connectivity index (χ0n) is 10.4. The highest BCUT2D eigenvalue weighted by molar-refractivity contribution is 5.73. The number of aliphatic carboxylic acids is 1. The van der Waals surface area contributed by atoms with Crippen molar-refractivity contribution >= 4 is 5.97 Å². The summed E-state index contributed by atoms with van der Waals surface area (Å²) in [5, 5.41) is 12.3. The summed E-state index contributed by atoms with van der Waals surface area (Å²) in [5.74, 6) is -0.343. The highest BCUT2D eigenvalue weighted by atomic mass is 16.5. The van der Waals surface area contributed by atoms with Crippen LogP contribution in [-0.4, -0.2) is 35.9 Å². The van der Waals surface area contributed by atoms with Crippen molar-refractivity contribution in [3.05, 3.63) is 0 Å². The molecule has 1 saturated carbocycles. The number of carboxylic acids is 1. The second kappa shape index (κ2) is 6.21. The van der Waals surface area contributed by atoms with Gasteiger partial charge in [0, 0.05) is 12.6 Å². The number of carboxylic acid groups (broad SMARTS) is 1. The lowest BCUT2D eigenvalue weighted by Crippen LogP contribution is -2.52. The van der Waals surface area contributed by atoms with Crippen LogP contribution in [-0.2, 0) is 9.53 Å². The molecule has 1 atom stereocenters. The number of ether oxygens (including phenoxy) is 1. The van der Waals surface area contributed by atoms with Gasteiger partial charge in [0.15, 0.2) is 0 Å². The summed E-state index contributed by atoms with van der Waals surface area (Å²) < 4.78 is 5.44. The monoisotopic (exact) mass is 229 g/mol. The zero-order chi connectivity index (χ0) is 12.1. The number of hydrogen-bond donors (Lipinski definition) is 2. The molecular weight excluding hydrogens is 206 g/mol. The summed E-state index contributed by atoms with van der Waals surface area (Å²) >= 11 is 0. The van der Waals surface area contributed by atoms with Crippen molar-refractivity contribution in [3.8, 4) is 0 Å². The van der Waals surface area contributed by atoms with Crippen LogP contribution in [0, 0.1) is 5.92 Å². The SMILES string of the molecule is CCOC1CC(NC(CC(C)C)C(=O)O)C1. The standard InChI is InChI=1S/C12H23NO3/c1-4-16-10-6-9(7-10)13-11(12(14)15)5-8(2)3/h8-11,13H,4-7H2,1-3H3,(H,14,15). The molecule has 0 heterocycles. The Kier molecular flexibility index (Phi) is 5.22. The fraction of sp³-hybridized carbons (Fsp3) is 0.917. The molecule has 16 heavy (non-hydrogen) atoms. The Labute approximate surface area is 97.4 Å². The number of rotatable bonds is 7. The largest absolute Gasteiger partial charge is 0.480 e. The molecule has 0 aliphatic heterocycles. The molecule has 0 aromatic carbocycles. The predicted octanol–water partition coefficient (Wildman–Crippen LogP) is 1.64. The Hall–Kier alpha value is -0.610. The van der Waals surface area contributed by atoms with E-state index in [0.717, 1.165) is 19.4 Å². The summed E-state index contributed by atoms with van der Waals surface area (Å²) in [6, 6.07) is -0.0935. The molecule has 94 valence electrons. The molecule has 0 saturated heterocycles. The van der Waals surface area contributed by atoms with Crippen LogP contribution in [0.5, 0.6) is 0 Å². The molecule has 0 aromatic heterocycles. The van der Waals surface area contributed by atoms with Gasteiger partial charge in [0.05, 0.1) is 6.10 Å². The molecule has 0 spiro atoms. The second-order valence-electron chi connectivity index (χ2n) is 4.93. The zero-order valence-corrected chi connectivity index (χ0v) is 10.4. The van der Waals surface area contributed by atoms with E-state index >= 15 is 0 Å². The first-order valence-corrected chi connectivity index (χ1v) is 6.13. The van der Waals surface area contributed by atoms with Crippen LogP contribution in [0.15, 0.2) is 0 Å². The molecule has 4 nitrogen and oxygen atoms in total. The van der Waals surface area contributed by atoms with Gasteiger partial charge in [-0.15, -0.1) is 0 Å². The Morgan fingerprint density at radius 3 is 2.56 bits per heavy atom. The van der Waals surface area contributed by atoms with Crippen LogP contribution in [0.1, 0.15) is 40.0 Å². The van der Waals surface area contributed by atoms with E-state index in [1.807, 2.05) is 20.8 Å². The van der Waals surface area contributed by atoms with Crippen LogP contribution in [0.4, 0.5) is 0 Å². The molecule has 0 aromatic rings. The average molecular weight is 229 g/mol. The van der Waals surface area contributed by atoms with Crippen LogP contribution >= 0.6 is 0 Å². The van der Waals surface area contributed by atoms with Crippen molar-refractivity contribution in [2.75, 3.05) is 6.61 Å². The van der Waals surface area contributed by atoms with E-state index in [-0.39, 0.29) is 0 Å². The van der Waals surface area contributed by atoms with Gasteiger partial charge in [0.1, 0.15) is 6.04 Å². The van der Waals surface area contributed by atoms with Crippen LogP contribution < -0.4 is 5.32 Å². The lowest BCUT2D eigenvalue weighted by Gasteiger charge is -2.37. The average Bonchev–Trinajstić information content (AvgIpc) is 2.12. The lowest BCUT2D eigenvalue weighted by atomic mass is 9.88. The highest BCUT2D eigenvalue weighted by Crippen LogP contribution is 2.24. The minimum absolute atomic E-state index is 0.316. The quantitative estimate of drug-likeness (QED) is 0.697. The molecule has 1 fully saturated rings. The third-order valence-electron chi connectivity index (χ3n) is 2.94. The molecule has 1 unspecified atom stereocenters. The molecule has 1 rings (SSSR count). The van der Waals surface area contributed by atoms with Gasteiger partial charge in [0.25, 0.3) is 0 Å². The molecule has 0 bridgehead atoms. The maximum absolute atomic E-state index is 11.0. The highest BCUT2D eigenvalue weighted by Gasteiger charge is 2.32. The molecule has 1 aliphatic carbocycles. The van der Waals surface area contributed by atoms with E-state index in [1.54, 1.807) is 0 Å². The first kappa shape index (κ1) is 13.5. The van der Waals surface area contributed by atoms with Crippen molar-refractivity contribution in [3.63, 3.8) is 0 Å². The maximum atomic E-state index is 11.0. The number of nitrogens with one attached hydrogen (secondary N) is 1. The Morgan fingerprint density at radius 2 is 2.12 bits per heavy atom. The summed E-state index contributed by atoms with van der Waals surface area (Å²) in [5.41, 5.74) is 0. The first-order valence-electron chi connectivity index (χ1n) is 6.13. The van der Waals surface area contributed by atoms with Crippen molar-refractivity contribution in [2.24, 2.45) is 5.92 Å². The molecule has 1 aliphatic rings. The minimum atomic E-state index is -0.742. The van der Waals surface area contributed by atoms with E-state index in [4.69, 9.17) is 9.84 Å². The summed E-state index contributed by atoms with van der Waals surface area (Å²) in [4.78, 5) is 11.0. The smallest absolute Gasteiger partial charge is 0.320 e. The number of hydrogen-bond acceptors (Lipinski definition) is 3. The Bertz CT molecular complexity index is 224. The minimum Gasteiger partial charge on any atom is -0.480 e. The van der Waals surface area contributed by atoms with Gasteiger partial charge in [-0.25, -0.2) is 0 Å². The van der Waals surface area contributed by atoms with E-state index in [1.165, 1.54) is 0 Å². The van der Waals surface area contributed by atoms with E-state index in [9.17, 15) is 4.79 Å². The van der Waals surface area contributed by atoms with Gasteiger partial charge in [0.2, 0.25) is 0 Å². The van der Waals surface area contributed by atoms with Crippen molar-refractivity contribution < 1.29 is 14.6 Å². The van der Waals surface area contributed by atoms with Gasteiger partial charge in [-0.05, 0) is 32.1 Å². The normalized spacial score (nSPS) is 26.5. The number of carbonyl (C=O) groups is 1. The maximum Gasteiger partial charge on any atom is 0.320 e. The first-order chi connectivity index (χ1) is 7.52. The van der Waals surface area contributed by atoms with Crippen molar-refractivity contribution in [2.45, 2.75) is 58.2 Å². The molecular formula is C12H23NO3. The van der Waals surface area contributed by atoms with Gasteiger partial charge < -0.3 is 15.2 Å². The van der Waals surface area contributed by atoms with Gasteiger partial charge in [-0.2, -0.15) is 0 Å². The van der Waals surface area contributed by atoms with Gasteiger partial charge in [-0.3, -0.25) is 4.79 Å². The lowest BCUT2D eigenvalue weighted by molar-refractivity contribution is -0.140. The summed E-state index contributed by atoms with van der Waals surface area (Å²) in [7, 11) is 0. The van der Waals surface area contributed by atoms with Crippen LogP contribution in [0.2, 0.25) is 0 Å².